The minimum absolute atomic E-state index is 0.0339. The second-order valence-corrected chi connectivity index (χ2v) is 4.99. The maximum atomic E-state index is 11.8. The zero-order valence-electron chi connectivity index (χ0n) is 12.2. The maximum Gasteiger partial charge on any atom is 0.246 e. The molecule has 0 radical (unpaired) electrons. The lowest BCUT2D eigenvalue weighted by Crippen LogP contribution is -2.47. The SMILES string of the molecule is CCC=C(C)C(=O)NC1CCN(CC(=O)NC)CC1. The molecule has 1 fully saturated rings. The van der Waals surface area contributed by atoms with E-state index in [4.69, 9.17) is 0 Å². The van der Waals surface area contributed by atoms with Crippen molar-refractivity contribution in [2.75, 3.05) is 26.7 Å². The Morgan fingerprint density at radius 3 is 2.47 bits per heavy atom. The molecule has 0 bridgehead atoms. The maximum absolute atomic E-state index is 11.8. The van der Waals surface area contributed by atoms with Gasteiger partial charge in [-0.05, 0) is 26.2 Å². The van der Waals surface area contributed by atoms with Crippen LogP contribution < -0.4 is 10.6 Å². The molecule has 0 atom stereocenters. The summed E-state index contributed by atoms with van der Waals surface area (Å²) >= 11 is 0. The number of carbonyl (C=O) groups excluding carboxylic acids is 2. The van der Waals surface area contributed by atoms with Crippen LogP contribution in [-0.4, -0.2) is 49.4 Å². The number of allylic oxidation sites excluding steroid dienone is 1. The first-order chi connectivity index (χ1) is 9.06. The van der Waals surface area contributed by atoms with Crippen LogP contribution >= 0.6 is 0 Å². The molecule has 108 valence electrons. The molecule has 1 heterocycles. The molecule has 19 heavy (non-hydrogen) atoms. The fourth-order valence-corrected chi connectivity index (χ4v) is 2.22. The third kappa shape index (κ3) is 5.42. The van der Waals surface area contributed by atoms with Crippen molar-refractivity contribution >= 4 is 11.8 Å². The molecule has 0 unspecified atom stereocenters. The molecule has 0 aromatic rings. The molecule has 0 saturated carbocycles. The van der Waals surface area contributed by atoms with Crippen LogP contribution in [0.3, 0.4) is 0 Å². The number of hydrogen-bond donors (Lipinski definition) is 2. The van der Waals surface area contributed by atoms with Gasteiger partial charge in [0.2, 0.25) is 11.8 Å². The third-order valence-corrected chi connectivity index (χ3v) is 3.44. The van der Waals surface area contributed by atoms with E-state index in [1.54, 1.807) is 7.05 Å². The first-order valence-electron chi connectivity index (χ1n) is 6.97. The number of likely N-dealkylation sites (tertiary alicyclic amines) is 1. The monoisotopic (exact) mass is 267 g/mol. The minimum Gasteiger partial charge on any atom is -0.358 e. The number of hydrogen-bond acceptors (Lipinski definition) is 3. The third-order valence-electron chi connectivity index (χ3n) is 3.44. The van der Waals surface area contributed by atoms with Crippen LogP contribution in [0.1, 0.15) is 33.1 Å². The number of piperidine rings is 1. The summed E-state index contributed by atoms with van der Waals surface area (Å²) in [6.07, 6.45) is 4.63. The van der Waals surface area contributed by atoms with E-state index < -0.39 is 0 Å². The minimum atomic E-state index is 0.0339. The van der Waals surface area contributed by atoms with Gasteiger partial charge in [-0.2, -0.15) is 0 Å². The van der Waals surface area contributed by atoms with Crippen molar-refractivity contribution in [1.82, 2.24) is 15.5 Å². The molecule has 2 N–H and O–H groups in total. The number of rotatable bonds is 5. The van der Waals surface area contributed by atoms with Crippen LogP contribution in [0.2, 0.25) is 0 Å². The highest BCUT2D eigenvalue weighted by Gasteiger charge is 2.21. The Balaban J connectivity index is 2.32. The number of likely N-dealkylation sites (N-methyl/N-ethyl adjacent to an activating group) is 1. The number of carbonyl (C=O) groups is 2. The standard InChI is InChI=1S/C14H25N3O2/c1-4-5-11(2)14(19)16-12-6-8-17(9-7-12)10-13(18)15-3/h5,12H,4,6-10H2,1-3H3,(H,15,18)(H,16,19). The number of amides is 2. The summed E-state index contributed by atoms with van der Waals surface area (Å²) in [6.45, 7) is 6.03. The largest absolute Gasteiger partial charge is 0.358 e. The molecule has 2 amide bonds. The summed E-state index contributed by atoms with van der Waals surface area (Å²) in [7, 11) is 1.65. The highest BCUT2D eigenvalue weighted by molar-refractivity contribution is 5.92. The predicted octanol–water partition coefficient (Wildman–Crippen LogP) is 0.669. The van der Waals surface area contributed by atoms with E-state index in [1.807, 2.05) is 19.9 Å². The van der Waals surface area contributed by atoms with Gasteiger partial charge in [0.15, 0.2) is 0 Å². The van der Waals surface area contributed by atoms with Crippen LogP contribution in [0.5, 0.6) is 0 Å². The van der Waals surface area contributed by atoms with E-state index in [0.29, 0.717) is 6.54 Å². The molecule has 1 rings (SSSR count). The van der Waals surface area contributed by atoms with E-state index >= 15 is 0 Å². The van der Waals surface area contributed by atoms with Gasteiger partial charge in [-0.3, -0.25) is 14.5 Å². The zero-order chi connectivity index (χ0) is 14.3. The molecule has 0 aromatic heterocycles. The first-order valence-corrected chi connectivity index (χ1v) is 6.97. The topological polar surface area (TPSA) is 61.4 Å². The van der Waals surface area contributed by atoms with Crippen molar-refractivity contribution in [2.24, 2.45) is 0 Å². The summed E-state index contributed by atoms with van der Waals surface area (Å²) in [5.74, 6) is 0.0795. The first kappa shape index (κ1) is 15.7. The van der Waals surface area contributed by atoms with E-state index in [2.05, 4.69) is 15.5 Å². The Hall–Kier alpha value is -1.36. The van der Waals surface area contributed by atoms with Gasteiger partial charge in [-0.1, -0.05) is 13.0 Å². The number of nitrogens with one attached hydrogen (secondary N) is 2. The van der Waals surface area contributed by atoms with Crippen molar-refractivity contribution < 1.29 is 9.59 Å². The average molecular weight is 267 g/mol. The highest BCUT2D eigenvalue weighted by atomic mass is 16.2. The lowest BCUT2D eigenvalue weighted by atomic mass is 10.0. The Morgan fingerprint density at radius 1 is 1.32 bits per heavy atom. The van der Waals surface area contributed by atoms with E-state index in [0.717, 1.165) is 37.9 Å². The van der Waals surface area contributed by atoms with Crippen molar-refractivity contribution in [3.63, 3.8) is 0 Å². The van der Waals surface area contributed by atoms with Crippen molar-refractivity contribution in [1.29, 1.82) is 0 Å². The van der Waals surface area contributed by atoms with Gasteiger partial charge in [0.1, 0.15) is 0 Å². The van der Waals surface area contributed by atoms with Crippen LogP contribution in [0, 0.1) is 0 Å². The molecule has 0 aliphatic carbocycles. The summed E-state index contributed by atoms with van der Waals surface area (Å²) in [5, 5.41) is 5.68. The van der Waals surface area contributed by atoms with Crippen molar-refractivity contribution in [3.8, 4) is 0 Å². The lowest BCUT2D eigenvalue weighted by Gasteiger charge is -2.31. The lowest BCUT2D eigenvalue weighted by molar-refractivity contribution is -0.122. The summed E-state index contributed by atoms with van der Waals surface area (Å²) in [5.41, 5.74) is 0.787. The zero-order valence-corrected chi connectivity index (χ0v) is 12.2. The molecule has 1 aliphatic rings. The molecule has 5 heteroatoms. The molecule has 1 aliphatic heterocycles. The van der Waals surface area contributed by atoms with Gasteiger partial charge in [0.25, 0.3) is 0 Å². The van der Waals surface area contributed by atoms with Crippen molar-refractivity contribution in [3.05, 3.63) is 11.6 Å². The smallest absolute Gasteiger partial charge is 0.246 e. The summed E-state index contributed by atoms with van der Waals surface area (Å²) in [4.78, 5) is 25.2. The Bertz CT molecular complexity index is 345. The van der Waals surface area contributed by atoms with Crippen LogP contribution in [0.4, 0.5) is 0 Å². The second kappa shape index (κ2) is 7.94. The van der Waals surface area contributed by atoms with Crippen LogP contribution in [0.25, 0.3) is 0 Å². The van der Waals surface area contributed by atoms with Gasteiger partial charge < -0.3 is 10.6 Å². The Morgan fingerprint density at radius 2 is 1.95 bits per heavy atom. The summed E-state index contributed by atoms with van der Waals surface area (Å²) in [6, 6.07) is 0.230. The molecular formula is C14H25N3O2. The fourth-order valence-electron chi connectivity index (χ4n) is 2.22. The predicted molar refractivity (Wildman–Crippen MR) is 75.7 cm³/mol. The Kier molecular flexibility index (Phi) is 6.56. The van der Waals surface area contributed by atoms with Gasteiger partial charge in [-0.25, -0.2) is 0 Å². The quantitative estimate of drug-likeness (QED) is 0.720. The van der Waals surface area contributed by atoms with E-state index in [1.165, 1.54) is 0 Å². The van der Waals surface area contributed by atoms with Gasteiger partial charge in [0.05, 0.1) is 6.54 Å². The fraction of sp³-hybridized carbons (Fsp3) is 0.714. The van der Waals surface area contributed by atoms with Crippen LogP contribution in [0.15, 0.2) is 11.6 Å². The molecule has 0 aromatic carbocycles. The highest BCUT2D eigenvalue weighted by Crippen LogP contribution is 2.10. The second-order valence-electron chi connectivity index (χ2n) is 4.99. The van der Waals surface area contributed by atoms with Crippen LogP contribution in [-0.2, 0) is 9.59 Å². The van der Waals surface area contributed by atoms with Gasteiger partial charge in [-0.15, -0.1) is 0 Å². The van der Waals surface area contributed by atoms with E-state index in [-0.39, 0.29) is 17.9 Å². The van der Waals surface area contributed by atoms with Crippen molar-refractivity contribution in [2.45, 2.75) is 39.2 Å². The molecule has 5 nitrogen and oxygen atoms in total. The number of nitrogens with zero attached hydrogens (tertiary/aromatic N) is 1. The Labute approximate surface area is 115 Å². The molecule has 1 saturated heterocycles. The normalized spacial score (nSPS) is 18.2. The summed E-state index contributed by atoms with van der Waals surface area (Å²) < 4.78 is 0. The van der Waals surface area contributed by atoms with Gasteiger partial charge >= 0.3 is 0 Å². The average Bonchev–Trinajstić information content (AvgIpc) is 2.41. The van der Waals surface area contributed by atoms with E-state index in [9.17, 15) is 9.59 Å². The van der Waals surface area contributed by atoms with Gasteiger partial charge in [0, 0.05) is 31.8 Å². The molecular weight excluding hydrogens is 242 g/mol. The molecule has 0 spiro atoms.